The van der Waals surface area contributed by atoms with Crippen LogP contribution in [0, 0.1) is 0 Å². The Hall–Kier alpha value is -2.21. The van der Waals surface area contributed by atoms with Gasteiger partial charge in [-0.2, -0.15) is 13.2 Å². The van der Waals surface area contributed by atoms with Crippen LogP contribution < -0.4 is 10.9 Å². The average Bonchev–Trinajstić information content (AvgIpc) is 2.47. The van der Waals surface area contributed by atoms with Gasteiger partial charge < -0.3 is 0 Å². The molecule has 0 radical (unpaired) electrons. The molecule has 2 rings (SSSR count). The zero-order valence-electron chi connectivity index (χ0n) is 11.2. The van der Waals surface area contributed by atoms with E-state index in [1.165, 1.54) is 18.2 Å². The summed E-state index contributed by atoms with van der Waals surface area (Å²) in [6.45, 7) is 0. The van der Waals surface area contributed by atoms with Crippen molar-refractivity contribution in [3.8, 4) is 0 Å². The third-order valence-corrected chi connectivity index (χ3v) is 3.10. The van der Waals surface area contributed by atoms with Gasteiger partial charge in [-0.05, 0) is 29.8 Å². The monoisotopic (exact) mass is 328 g/mol. The van der Waals surface area contributed by atoms with E-state index in [4.69, 9.17) is 11.6 Å². The van der Waals surface area contributed by atoms with Crippen molar-refractivity contribution in [1.82, 2.24) is 5.43 Å². The van der Waals surface area contributed by atoms with Crippen molar-refractivity contribution in [2.75, 3.05) is 5.43 Å². The topological polar surface area (TPSA) is 41.1 Å². The molecular weight excluding hydrogens is 317 g/mol. The Labute approximate surface area is 130 Å². The lowest BCUT2D eigenvalue weighted by molar-refractivity contribution is -0.137. The smallest absolute Gasteiger partial charge is 0.298 e. The molecule has 0 bridgehead atoms. The number of hydrazine groups is 1. The number of alkyl halides is 3. The summed E-state index contributed by atoms with van der Waals surface area (Å²) in [6.07, 6.45) is -4.47. The van der Waals surface area contributed by atoms with Crippen molar-refractivity contribution in [1.29, 1.82) is 0 Å². The fraction of sp³-hybridized carbons (Fsp3) is 0.133. The van der Waals surface area contributed by atoms with Crippen molar-refractivity contribution in [3.63, 3.8) is 0 Å². The molecule has 2 aromatic carbocycles. The first kappa shape index (κ1) is 16.2. The van der Waals surface area contributed by atoms with Gasteiger partial charge >= 0.3 is 6.18 Å². The minimum absolute atomic E-state index is 0.0261. The maximum absolute atomic E-state index is 12.8. The van der Waals surface area contributed by atoms with Gasteiger partial charge in [-0.3, -0.25) is 15.6 Å². The summed E-state index contributed by atoms with van der Waals surface area (Å²) in [5.74, 6) is -0.459. The Morgan fingerprint density at radius 3 is 2.32 bits per heavy atom. The molecule has 2 N–H and O–H groups in total. The van der Waals surface area contributed by atoms with Gasteiger partial charge in [0.25, 0.3) is 0 Å². The molecule has 22 heavy (non-hydrogen) atoms. The van der Waals surface area contributed by atoms with Gasteiger partial charge in [-0.15, -0.1) is 0 Å². The minimum Gasteiger partial charge on any atom is -0.298 e. The minimum atomic E-state index is -4.50. The second-order valence-corrected chi connectivity index (χ2v) is 4.96. The molecule has 0 unspecified atom stereocenters. The van der Waals surface area contributed by atoms with Gasteiger partial charge in [-0.1, -0.05) is 35.9 Å². The molecule has 0 saturated heterocycles. The molecule has 0 saturated carbocycles. The van der Waals surface area contributed by atoms with Gasteiger partial charge in [0.15, 0.2) is 0 Å². The number of rotatable bonds is 4. The van der Waals surface area contributed by atoms with E-state index < -0.39 is 17.6 Å². The number of para-hydroxylation sites is 1. The highest BCUT2D eigenvalue weighted by atomic mass is 35.5. The van der Waals surface area contributed by atoms with E-state index in [1.54, 1.807) is 24.3 Å². The van der Waals surface area contributed by atoms with Crippen LogP contribution in [0.3, 0.4) is 0 Å². The maximum Gasteiger partial charge on any atom is 0.418 e. The van der Waals surface area contributed by atoms with Gasteiger partial charge in [0.2, 0.25) is 5.91 Å². The van der Waals surface area contributed by atoms with Gasteiger partial charge in [0, 0.05) is 5.02 Å². The number of benzene rings is 2. The largest absolute Gasteiger partial charge is 0.418 e. The third-order valence-electron chi connectivity index (χ3n) is 2.85. The molecule has 0 aliphatic rings. The van der Waals surface area contributed by atoms with Crippen LogP contribution in [0.25, 0.3) is 0 Å². The number of hydrogen-bond donors (Lipinski definition) is 2. The predicted octanol–water partition coefficient (Wildman–Crippen LogP) is 4.04. The normalized spacial score (nSPS) is 11.1. The van der Waals surface area contributed by atoms with Crippen LogP contribution in [0.15, 0.2) is 48.5 Å². The fourth-order valence-corrected chi connectivity index (χ4v) is 1.93. The highest BCUT2D eigenvalue weighted by Gasteiger charge is 2.33. The molecule has 0 fully saturated rings. The zero-order valence-corrected chi connectivity index (χ0v) is 12.0. The van der Waals surface area contributed by atoms with Gasteiger partial charge in [0.05, 0.1) is 17.7 Å². The summed E-state index contributed by atoms with van der Waals surface area (Å²) < 4.78 is 38.4. The molecule has 116 valence electrons. The fourth-order valence-electron chi connectivity index (χ4n) is 1.81. The van der Waals surface area contributed by atoms with Crippen LogP contribution in [-0.2, 0) is 17.4 Å². The first-order chi connectivity index (χ1) is 10.4. The second-order valence-electron chi connectivity index (χ2n) is 4.52. The summed E-state index contributed by atoms with van der Waals surface area (Å²) >= 11 is 5.73. The van der Waals surface area contributed by atoms with Crippen molar-refractivity contribution < 1.29 is 18.0 Å². The maximum atomic E-state index is 12.8. The van der Waals surface area contributed by atoms with Crippen molar-refractivity contribution in [2.45, 2.75) is 12.6 Å². The molecule has 1 amide bonds. The van der Waals surface area contributed by atoms with E-state index in [0.717, 1.165) is 6.07 Å². The molecule has 0 spiro atoms. The Morgan fingerprint density at radius 2 is 1.68 bits per heavy atom. The number of amides is 1. The number of nitrogens with one attached hydrogen (secondary N) is 2. The van der Waals surface area contributed by atoms with E-state index in [9.17, 15) is 18.0 Å². The van der Waals surface area contributed by atoms with Crippen LogP contribution in [0.4, 0.5) is 18.9 Å². The molecule has 2 aromatic rings. The van der Waals surface area contributed by atoms with Crippen LogP contribution >= 0.6 is 11.6 Å². The summed E-state index contributed by atoms with van der Waals surface area (Å²) in [6, 6.07) is 11.5. The SMILES string of the molecule is O=C(Cc1ccc(Cl)cc1)NNc1ccccc1C(F)(F)F. The van der Waals surface area contributed by atoms with Crippen LogP contribution in [-0.4, -0.2) is 5.91 Å². The summed E-state index contributed by atoms with van der Waals surface area (Å²) in [5, 5.41) is 0.543. The Bertz CT molecular complexity index is 657. The molecule has 0 atom stereocenters. The molecule has 0 aromatic heterocycles. The lowest BCUT2D eigenvalue weighted by atomic mass is 10.1. The number of carbonyl (C=O) groups is 1. The summed E-state index contributed by atoms with van der Waals surface area (Å²) in [7, 11) is 0. The molecular formula is C15H12ClF3N2O. The summed E-state index contributed by atoms with van der Waals surface area (Å²) in [4.78, 5) is 11.7. The van der Waals surface area contributed by atoms with E-state index >= 15 is 0 Å². The number of hydrogen-bond acceptors (Lipinski definition) is 2. The Kier molecular flexibility index (Phi) is 4.92. The number of carbonyl (C=O) groups excluding carboxylic acids is 1. The first-order valence-corrected chi connectivity index (χ1v) is 6.69. The predicted molar refractivity (Wildman–Crippen MR) is 78.4 cm³/mol. The van der Waals surface area contributed by atoms with Crippen molar-refractivity contribution in [3.05, 3.63) is 64.7 Å². The molecule has 3 nitrogen and oxygen atoms in total. The van der Waals surface area contributed by atoms with E-state index in [0.29, 0.717) is 10.6 Å². The Balaban J connectivity index is 1.98. The molecule has 0 aliphatic heterocycles. The van der Waals surface area contributed by atoms with E-state index in [1.807, 2.05) is 0 Å². The lowest BCUT2D eigenvalue weighted by Gasteiger charge is -2.14. The Morgan fingerprint density at radius 1 is 1.05 bits per heavy atom. The van der Waals surface area contributed by atoms with Gasteiger partial charge in [-0.25, -0.2) is 0 Å². The van der Waals surface area contributed by atoms with Crippen molar-refractivity contribution in [2.24, 2.45) is 0 Å². The quantitative estimate of drug-likeness (QED) is 0.832. The number of halogens is 4. The second kappa shape index (κ2) is 6.70. The third kappa shape index (κ3) is 4.39. The highest BCUT2D eigenvalue weighted by Crippen LogP contribution is 2.34. The summed E-state index contributed by atoms with van der Waals surface area (Å²) in [5.41, 5.74) is 4.21. The average molecular weight is 329 g/mol. The molecule has 0 aliphatic carbocycles. The van der Waals surface area contributed by atoms with Crippen LogP contribution in [0.5, 0.6) is 0 Å². The van der Waals surface area contributed by atoms with E-state index in [2.05, 4.69) is 10.9 Å². The van der Waals surface area contributed by atoms with Crippen LogP contribution in [0.2, 0.25) is 5.02 Å². The highest BCUT2D eigenvalue weighted by molar-refractivity contribution is 6.30. The van der Waals surface area contributed by atoms with Gasteiger partial charge in [0.1, 0.15) is 0 Å². The first-order valence-electron chi connectivity index (χ1n) is 6.32. The van der Waals surface area contributed by atoms with E-state index in [-0.39, 0.29) is 12.1 Å². The lowest BCUT2D eigenvalue weighted by Crippen LogP contribution is -2.31. The molecule has 7 heteroatoms. The molecule has 0 heterocycles. The zero-order chi connectivity index (χ0) is 16.2. The van der Waals surface area contributed by atoms with Crippen molar-refractivity contribution >= 4 is 23.2 Å². The number of anilines is 1. The standard InChI is InChI=1S/C15H12ClF3N2O/c16-11-7-5-10(6-8-11)9-14(22)21-20-13-4-2-1-3-12(13)15(17,18)19/h1-8,20H,9H2,(H,21,22). The van der Waals surface area contributed by atoms with Crippen LogP contribution in [0.1, 0.15) is 11.1 Å².